The summed E-state index contributed by atoms with van der Waals surface area (Å²) in [5.41, 5.74) is 1.48. The van der Waals surface area contributed by atoms with Crippen molar-refractivity contribution in [2.45, 2.75) is 50.5 Å². The molecule has 1 aromatic rings. The molecule has 1 aromatic heterocycles. The molecule has 5 nitrogen and oxygen atoms in total. The molecular formula is C17H26N4O. The number of piperidine rings is 1. The topological polar surface area (TPSA) is 50.2 Å². The second-order valence-corrected chi connectivity index (χ2v) is 7.40. The van der Waals surface area contributed by atoms with Crippen LogP contribution in [0, 0.1) is 5.41 Å². The molecule has 120 valence electrons. The lowest BCUT2D eigenvalue weighted by molar-refractivity contribution is -0.142. The third-order valence-corrected chi connectivity index (χ3v) is 6.08. The molecule has 4 rings (SSSR count). The number of carbonyl (C=O) groups excluding carboxylic acids is 1. The van der Waals surface area contributed by atoms with Crippen molar-refractivity contribution in [3.8, 4) is 0 Å². The fraction of sp³-hybridized carbons (Fsp3) is 0.765. The molecule has 1 aliphatic carbocycles. The van der Waals surface area contributed by atoms with Crippen LogP contribution in [0.15, 0.2) is 12.3 Å². The van der Waals surface area contributed by atoms with E-state index < -0.39 is 0 Å². The van der Waals surface area contributed by atoms with E-state index in [2.05, 4.69) is 21.4 Å². The number of aromatic nitrogens is 2. The van der Waals surface area contributed by atoms with E-state index in [4.69, 9.17) is 0 Å². The Hall–Kier alpha value is -1.36. The van der Waals surface area contributed by atoms with Gasteiger partial charge in [0.2, 0.25) is 5.91 Å². The lowest BCUT2D eigenvalue weighted by Gasteiger charge is -2.49. The van der Waals surface area contributed by atoms with E-state index in [-0.39, 0.29) is 6.04 Å². The number of likely N-dealkylation sites (tertiary alicyclic amines) is 1. The van der Waals surface area contributed by atoms with Crippen molar-refractivity contribution in [3.63, 3.8) is 0 Å². The summed E-state index contributed by atoms with van der Waals surface area (Å²) in [6, 6.07) is 2.21. The zero-order valence-electron chi connectivity index (χ0n) is 13.4. The summed E-state index contributed by atoms with van der Waals surface area (Å²) in [4.78, 5) is 14.9. The second-order valence-electron chi connectivity index (χ2n) is 7.40. The average Bonchev–Trinajstić information content (AvgIpc) is 3.16. The molecular weight excluding hydrogens is 276 g/mol. The summed E-state index contributed by atoms with van der Waals surface area (Å²) < 4.78 is 1.87. The van der Waals surface area contributed by atoms with Crippen LogP contribution in [0.1, 0.15) is 50.1 Å². The van der Waals surface area contributed by atoms with E-state index in [9.17, 15) is 4.79 Å². The summed E-state index contributed by atoms with van der Waals surface area (Å²) in [5.74, 6) is 0.868. The molecule has 3 fully saturated rings. The van der Waals surface area contributed by atoms with E-state index in [0.717, 1.165) is 32.5 Å². The first-order chi connectivity index (χ1) is 10.7. The van der Waals surface area contributed by atoms with Crippen molar-refractivity contribution >= 4 is 5.91 Å². The van der Waals surface area contributed by atoms with Gasteiger partial charge in [0.25, 0.3) is 0 Å². The maximum absolute atomic E-state index is 12.8. The Labute approximate surface area is 132 Å². The molecule has 3 heterocycles. The summed E-state index contributed by atoms with van der Waals surface area (Å²) in [5, 5.41) is 7.94. The lowest BCUT2D eigenvalue weighted by Crippen LogP contribution is -2.67. The first kappa shape index (κ1) is 14.2. The minimum atomic E-state index is 0.0985. The van der Waals surface area contributed by atoms with Gasteiger partial charge in [0, 0.05) is 44.2 Å². The smallest absolute Gasteiger partial charge is 0.240 e. The lowest BCUT2D eigenvalue weighted by atomic mass is 9.71. The first-order valence-corrected chi connectivity index (χ1v) is 8.70. The second kappa shape index (κ2) is 5.37. The van der Waals surface area contributed by atoms with Gasteiger partial charge < -0.3 is 10.2 Å². The number of carbonyl (C=O) groups is 1. The monoisotopic (exact) mass is 302 g/mol. The number of nitrogens with one attached hydrogen (secondary N) is 1. The third-order valence-electron chi connectivity index (χ3n) is 6.08. The van der Waals surface area contributed by atoms with Crippen molar-refractivity contribution in [2.24, 2.45) is 12.5 Å². The zero-order chi connectivity index (χ0) is 15.2. The van der Waals surface area contributed by atoms with Gasteiger partial charge in [-0.2, -0.15) is 5.10 Å². The summed E-state index contributed by atoms with van der Waals surface area (Å²) in [6.07, 6.45) is 9.17. The van der Waals surface area contributed by atoms with Crippen LogP contribution in [0.5, 0.6) is 0 Å². The van der Waals surface area contributed by atoms with Crippen molar-refractivity contribution in [2.75, 3.05) is 19.6 Å². The van der Waals surface area contributed by atoms with Crippen LogP contribution in [0.25, 0.3) is 0 Å². The van der Waals surface area contributed by atoms with Gasteiger partial charge in [0.05, 0.1) is 11.7 Å². The Kier molecular flexibility index (Phi) is 3.48. The van der Waals surface area contributed by atoms with E-state index in [1.165, 1.54) is 31.4 Å². The van der Waals surface area contributed by atoms with Gasteiger partial charge >= 0.3 is 0 Å². The highest BCUT2D eigenvalue weighted by atomic mass is 16.2. The predicted octanol–water partition coefficient (Wildman–Crippen LogP) is 1.66. The number of hydrogen-bond acceptors (Lipinski definition) is 3. The molecule has 0 bridgehead atoms. The Balaban J connectivity index is 1.36. The Morgan fingerprint density at radius 2 is 2.05 bits per heavy atom. The van der Waals surface area contributed by atoms with Gasteiger partial charge in [0.15, 0.2) is 0 Å². The maximum Gasteiger partial charge on any atom is 0.240 e. The van der Waals surface area contributed by atoms with Crippen LogP contribution in [-0.4, -0.2) is 46.3 Å². The van der Waals surface area contributed by atoms with Gasteiger partial charge in [-0.15, -0.1) is 0 Å². The Morgan fingerprint density at radius 3 is 2.59 bits per heavy atom. The van der Waals surface area contributed by atoms with Crippen molar-refractivity contribution < 1.29 is 4.79 Å². The summed E-state index contributed by atoms with van der Waals surface area (Å²) >= 11 is 0. The van der Waals surface area contributed by atoms with E-state index in [1.807, 2.05) is 17.9 Å². The van der Waals surface area contributed by atoms with Crippen LogP contribution < -0.4 is 5.32 Å². The molecule has 2 aliphatic heterocycles. The molecule has 1 spiro atoms. The van der Waals surface area contributed by atoms with E-state index in [1.54, 1.807) is 0 Å². The average molecular weight is 302 g/mol. The zero-order valence-corrected chi connectivity index (χ0v) is 13.4. The predicted molar refractivity (Wildman–Crippen MR) is 84.5 cm³/mol. The number of amides is 1. The molecule has 22 heavy (non-hydrogen) atoms. The standard InChI is InChI=1S/C17H26N4O/c1-20-9-6-14(19-20)13-4-10-21(11-5-13)16(22)15-17(12-18-15)7-2-3-8-17/h6,9,13,15,18H,2-5,7-8,10-12H2,1H3. The van der Waals surface area contributed by atoms with Gasteiger partial charge in [-0.1, -0.05) is 12.8 Å². The van der Waals surface area contributed by atoms with E-state index >= 15 is 0 Å². The number of rotatable bonds is 2. The van der Waals surface area contributed by atoms with Crippen LogP contribution in [-0.2, 0) is 11.8 Å². The molecule has 1 atom stereocenters. The van der Waals surface area contributed by atoms with Gasteiger partial charge in [-0.05, 0) is 31.7 Å². The molecule has 2 saturated heterocycles. The SMILES string of the molecule is Cn1ccc(C2CCN(C(=O)C3NCC34CCCC4)CC2)n1. The van der Waals surface area contributed by atoms with Crippen LogP contribution in [0.3, 0.4) is 0 Å². The first-order valence-electron chi connectivity index (χ1n) is 8.70. The highest BCUT2D eigenvalue weighted by Crippen LogP contribution is 2.46. The molecule has 1 saturated carbocycles. The van der Waals surface area contributed by atoms with Crippen LogP contribution in [0.2, 0.25) is 0 Å². The minimum absolute atomic E-state index is 0.0985. The summed E-state index contributed by atoms with van der Waals surface area (Å²) in [6.45, 7) is 2.82. The molecule has 1 amide bonds. The highest BCUT2D eigenvalue weighted by molar-refractivity contribution is 5.84. The molecule has 0 aromatic carbocycles. The highest BCUT2D eigenvalue weighted by Gasteiger charge is 2.52. The Bertz CT molecular complexity index is 553. The van der Waals surface area contributed by atoms with Crippen molar-refractivity contribution in [3.05, 3.63) is 18.0 Å². The summed E-state index contributed by atoms with van der Waals surface area (Å²) in [7, 11) is 1.96. The maximum atomic E-state index is 12.8. The molecule has 5 heteroatoms. The van der Waals surface area contributed by atoms with E-state index in [0.29, 0.717) is 17.2 Å². The number of hydrogen-bond donors (Lipinski definition) is 1. The van der Waals surface area contributed by atoms with Gasteiger partial charge in [0.1, 0.15) is 0 Å². The largest absolute Gasteiger partial charge is 0.341 e. The minimum Gasteiger partial charge on any atom is -0.341 e. The van der Waals surface area contributed by atoms with Crippen molar-refractivity contribution in [1.29, 1.82) is 0 Å². The number of aryl methyl sites for hydroxylation is 1. The molecule has 3 aliphatic rings. The third kappa shape index (κ3) is 2.26. The Morgan fingerprint density at radius 1 is 1.32 bits per heavy atom. The molecule has 0 radical (unpaired) electrons. The van der Waals surface area contributed by atoms with Crippen LogP contribution in [0.4, 0.5) is 0 Å². The normalized spacial score (nSPS) is 28.0. The quantitative estimate of drug-likeness (QED) is 0.904. The fourth-order valence-corrected chi connectivity index (χ4v) is 4.62. The van der Waals surface area contributed by atoms with Gasteiger partial charge in [-0.3, -0.25) is 9.48 Å². The molecule has 1 unspecified atom stereocenters. The molecule has 1 N–H and O–H groups in total. The van der Waals surface area contributed by atoms with Crippen molar-refractivity contribution in [1.82, 2.24) is 20.0 Å². The fourth-order valence-electron chi connectivity index (χ4n) is 4.62. The van der Waals surface area contributed by atoms with Gasteiger partial charge in [-0.25, -0.2) is 0 Å². The van der Waals surface area contributed by atoms with Crippen LogP contribution >= 0.6 is 0 Å². The number of nitrogens with zero attached hydrogens (tertiary/aromatic N) is 3.